The molecule has 0 saturated carbocycles. The summed E-state index contributed by atoms with van der Waals surface area (Å²) in [5.74, 6) is -1.69. The Morgan fingerprint density at radius 1 is 1.07 bits per heavy atom. The minimum Gasteiger partial charge on any atom is -0.460 e. The van der Waals surface area contributed by atoms with Crippen molar-refractivity contribution in [1.29, 1.82) is 0 Å². The maximum absolute atomic E-state index is 13.4. The fourth-order valence-corrected chi connectivity index (χ4v) is 3.41. The van der Waals surface area contributed by atoms with Crippen molar-refractivity contribution in [1.82, 2.24) is 9.80 Å². The van der Waals surface area contributed by atoms with Crippen LogP contribution in [-0.2, 0) is 20.9 Å². The number of nitrogens with zero attached hydrogens (tertiary/aromatic N) is 2. The minimum absolute atomic E-state index is 0.00644. The number of imide groups is 1. The van der Waals surface area contributed by atoms with Crippen molar-refractivity contribution in [2.24, 2.45) is 0 Å². The van der Waals surface area contributed by atoms with Crippen molar-refractivity contribution < 1.29 is 19.1 Å². The summed E-state index contributed by atoms with van der Waals surface area (Å²) in [7, 11) is 0. The smallest absolute Gasteiger partial charge is 0.336 e. The number of ether oxygens (including phenoxy) is 1. The van der Waals surface area contributed by atoms with Crippen LogP contribution in [0.2, 0.25) is 0 Å². The van der Waals surface area contributed by atoms with E-state index in [9.17, 15) is 14.4 Å². The number of carbonyl (C=O) groups excluding carboxylic acids is 3. The summed E-state index contributed by atoms with van der Waals surface area (Å²) in [6, 6.07) is 18.2. The summed E-state index contributed by atoms with van der Waals surface area (Å²) in [6.45, 7) is 6.01. The van der Waals surface area contributed by atoms with E-state index in [1.54, 1.807) is 35.2 Å². The number of hydrogen-bond acceptors (Lipinski definition) is 5. The van der Waals surface area contributed by atoms with Gasteiger partial charge in [-0.2, -0.15) is 0 Å². The van der Waals surface area contributed by atoms with Gasteiger partial charge in [0.2, 0.25) is 0 Å². The van der Waals surface area contributed by atoms with Crippen molar-refractivity contribution in [2.75, 3.05) is 19.7 Å². The van der Waals surface area contributed by atoms with Gasteiger partial charge in [0.25, 0.3) is 11.8 Å². The molecule has 150 valence electrons. The van der Waals surface area contributed by atoms with Gasteiger partial charge in [-0.15, -0.1) is 0 Å². The third-order valence-electron chi connectivity index (χ3n) is 5.10. The zero-order chi connectivity index (χ0) is 20.9. The normalized spacial score (nSPS) is 19.6. The van der Waals surface area contributed by atoms with E-state index in [-0.39, 0.29) is 13.2 Å². The Morgan fingerprint density at radius 3 is 2.31 bits per heavy atom. The molecule has 1 saturated heterocycles. The Balaban J connectivity index is 1.92. The van der Waals surface area contributed by atoms with Gasteiger partial charge in [-0.1, -0.05) is 61.2 Å². The van der Waals surface area contributed by atoms with Gasteiger partial charge in [-0.3, -0.25) is 19.4 Å². The molecule has 0 spiro atoms. The Hall–Kier alpha value is -3.25. The number of carbonyl (C=O) groups is 3. The average Bonchev–Trinajstić information content (AvgIpc) is 2.76. The maximum atomic E-state index is 13.4. The lowest BCUT2D eigenvalue weighted by Crippen LogP contribution is -2.69. The summed E-state index contributed by atoms with van der Waals surface area (Å²) >= 11 is 0. The Bertz CT molecular complexity index is 898. The molecule has 0 aliphatic carbocycles. The van der Waals surface area contributed by atoms with Gasteiger partial charge >= 0.3 is 5.97 Å². The number of amides is 2. The van der Waals surface area contributed by atoms with E-state index in [4.69, 9.17) is 4.74 Å². The van der Waals surface area contributed by atoms with Gasteiger partial charge in [0, 0.05) is 25.2 Å². The standard InChI is InChI=1S/C23H24N2O4/c1-3-16-29-22(28)23(2)21(27)25(20(26)19-12-8-5-9-13-19)15-14-24(23)17-18-10-6-4-7-11-18/h3-13H,1,14-17H2,2H3. The Morgan fingerprint density at radius 2 is 1.69 bits per heavy atom. The van der Waals surface area contributed by atoms with Crippen molar-refractivity contribution >= 4 is 17.8 Å². The molecule has 1 fully saturated rings. The first-order valence-electron chi connectivity index (χ1n) is 9.47. The van der Waals surface area contributed by atoms with E-state index in [1.165, 1.54) is 13.0 Å². The van der Waals surface area contributed by atoms with Crippen LogP contribution in [-0.4, -0.2) is 52.8 Å². The lowest BCUT2D eigenvalue weighted by Gasteiger charge is -2.45. The zero-order valence-corrected chi connectivity index (χ0v) is 16.4. The summed E-state index contributed by atoms with van der Waals surface area (Å²) in [5, 5.41) is 0. The van der Waals surface area contributed by atoms with Crippen molar-refractivity contribution in [2.45, 2.75) is 19.0 Å². The van der Waals surface area contributed by atoms with Crippen LogP contribution in [0.4, 0.5) is 0 Å². The van der Waals surface area contributed by atoms with Crippen LogP contribution >= 0.6 is 0 Å². The molecule has 0 radical (unpaired) electrons. The molecular weight excluding hydrogens is 368 g/mol. The van der Waals surface area contributed by atoms with Crippen LogP contribution in [0, 0.1) is 0 Å². The molecule has 0 N–H and O–H groups in total. The molecule has 2 aromatic carbocycles. The van der Waals surface area contributed by atoms with E-state index in [2.05, 4.69) is 6.58 Å². The summed E-state index contributed by atoms with van der Waals surface area (Å²) in [5.41, 5.74) is -0.244. The van der Waals surface area contributed by atoms with E-state index in [0.29, 0.717) is 18.7 Å². The molecule has 29 heavy (non-hydrogen) atoms. The monoisotopic (exact) mass is 392 g/mol. The highest BCUT2D eigenvalue weighted by Crippen LogP contribution is 2.28. The van der Waals surface area contributed by atoms with E-state index in [1.807, 2.05) is 30.3 Å². The third-order valence-corrected chi connectivity index (χ3v) is 5.10. The number of rotatable bonds is 6. The third kappa shape index (κ3) is 4.12. The van der Waals surface area contributed by atoms with Crippen LogP contribution in [0.1, 0.15) is 22.8 Å². The number of esters is 1. The lowest BCUT2D eigenvalue weighted by atomic mass is 9.93. The molecule has 0 bridgehead atoms. The number of benzene rings is 2. The highest BCUT2D eigenvalue weighted by molar-refractivity contribution is 6.15. The molecule has 1 aliphatic rings. The minimum atomic E-state index is -1.61. The number of piperazine rings is 1. The van der Waals surface area contributed by atoms with Crippen LogP contribution in [0.5, 0.6) is 0 Å². The zero-order valence-electron chi connectivity index (χ0n) is 16.4. The topological polar surface area (TPSA) is 66.9 Å². The van der Waals surface area contributed by atoms with Crippen LogP contribution in [0.3, 0.4) is 0 Å². The van der Waals surface area contributed by atoms with E-state index >= 15 is 0 Å². The van der Waals surface area contributed by atoms with Crippen molar-refractivity contribution in [3.05, 3.63) is 84.4 Å². The molecule has 6 nitrogen and oxygen atoms in total. The largest absolute Gasteiger partial charge is 0.460 e. The second-order valence-electron chi connectivity index (χ2n) is 6.99. The maximum Gasteiger partial charge on any atom is 0.336 e. The van der Waals surface area contributed by atoms with Crippen molar-refractivity contribution in [3.8, 4) is 0 Å². The molecule has 6 heteroatoms. The Labute approximate surface area is 170 Å². The fourth-order valence-electron chi connectivity index (χ4n) is 3.41. The second-order valence-corrected chi connectivity index (χ2v) is 6.99. The molecular formula is C23H24N2O4. The first-order chi connectivity index (χ1) is 14.0. The molecule has 1 unspecified atom stereocenters. The Kier molecular flexibility index (Phi) is 6.24. The van der Waals surface area contributed by atoms with E-state index in [0.717, 1.165) is 10.5 Å². The average molecular weight is 392 g/mol. The quantitative estimate of drug-likeness (QED) is 0.327. The van der Waals surface area contributed by atoms with Crippen LogP contribution < -0.4 is 0 Å². The second kappa shape index (κ2) is 8.84. The molecule has 1 heterocycles. The first kappa shape index (κ1) is 20.5. The molecule has 2 amide bonds. The summed E-state index contributed by atoms with van der Waals surface area (Å²) < 4.78 is 5.25. The molecule has 0 aromatic heterocycles. The highest BCUT2D eigenvalue weighted by Gasteiger charge is 2.54. The fraction of sp³-hybridized carbons (Fsp3) is 0.261. The van der Waals surface area contributed by atoms with Crippen molar-refractivity contribution in [3.63, 3.8) is 0 Å². The predicted octanol–water partition coefficient (Wildman–Crippen LogP) is 2.66. The number of hydrogen-bond donors (Lipinski definition) is 0. The van der Waals surface area contributed by atoms with Gasteiger partial charge in [-0.05, 0) is 24.6 Å². The summed E-state index contributed by atoms with van der Waals surface area (Å²) in [6.07, 6.45) is 1.45. The van der Waals surface area contributed by atoms with Gasteiger partial charge in [0.1, 0.15) is 6.61 Å². The van der Waals surface area contributed by atoms with Crippen LogP contribution in [0.15, 0.2) is 73.3 Å². The molecule has 3 rings (SSSR count). The van der Waals surface area contributed by atoms with Gasteiger partial charge < -0.3 is 4.74 Å². The van der Waals surface area contributed by atoms with Gasteiger partial charge in [0.15, 0.2) is 5.54 Å². The summed E-state index contributed by atoms with van der Waals surface area (Å²) in [4.78, 5) is 42.2. The molecule has 2 aromatic rings. The highest BCUT2D eigenvalue weighted by atomic mass is 16.5. The van der Waals surface area contributed by atoms with Gasteiger partial charge in [0.05, 0.1) is 0 Å². The molecule has 1 aliphatic heterocycles. The van der Waals surface area contributed by atoms with E-state index < -0.39 is 23.3 Å². The SMILES string of the molecule is C=CCOC(=O)C1(C)C(=O)N(C(=O)c2ccccc2)CCN1Cc1ccccc1. The van der Waals surface area contributed by atoms with Gasteiger partial charge in [-0.25, -0.2) is 4.79 Å². The molecule has 1 atom stereocenters. The predicted molar refractivity (Wildman–Crippen MR) is 109 cm³/mol. The lowest BCUT2D eigenvalue weighted by molar-refractivity contribution is -0.169. The van der Waals surface area contributed by atoms with Crippen LogP contribution in [0.25, 0.3) is 0 Å². The first-order valence-corrected chi connectivity index (χ1v) is 9.47.